The Morgan fingerprint density at radius 1 is 1.00 bits per heavy atom. The second-order valence-electron chi connectivity index (χ2n) is 4.71. The molecule has 0 saturated heterocycles. The lowest BCUT2D eigenvalue weighted by Gasteiger charge is -2.12. The molecule has 0 bridgehead atoms. The van der Waals surface area contributed by atoms with Crippen LogP contribution in [0.25, 0.3) is 0 Å². The molecule has 0 aliphatic rings. The van der Waals surface area contributed by atoms with Crippen molar-refractivity contribution in [1.29, 1.82) is 0 Å². The molecule has 112 valence electrons. The Kier molecular flexibility index (Phi) is 4.65. The number of nitrogens with one attached hydrogen (secondary N) is 1. The van der Waals surface area contributed by atoms with Gasteiger partial charge in [-0.2, -0.15) is 0 Å². The molecule has 2 aromatic rings. The largest absolute Gasteiger partial charge is 0.398 e. The second-order valence-corrected chi connectivity index (χ2v) is 8.07. The van der Waals surface area contributed by atoms with E-state index in [1.807, 2.05) is 13.0 Å². The van der Waals surface area contributed by atoms with Crippen molar-refractivity contribution < 1.29 is 8.42 Å². The van der Waals surface area contributed by atoms with Gasteiger partial charge >= 0.3 is 0 Å². The van der Waals surface area contributed by atoms with Gasteiger partial charge in [-0.3, -0.25) is 4.72 Å². The third-order valence-corrected chi connectivity index (χ3v) is 6.07. The molecule has 0 fully saturated rings. The third kappa shape index (κ3) is 3.59. The molecule has 0 radical (unpaired) electrons. The van der Waals surface area contributed by atoms with Crippen molar-refractivity contribution in [2.45, 2.75) is 18.7 Å². The van der Waals surface area contributed by atoms with Gasteiger partial charge in [-0.15, -0.1) is 0 Å². The van der Waals surface area contributed by atoms with Crippen molar-refractivity contribution in [3.05, 3.63) is 50.4 Å². The lowest BCUT2D eigenvalue weighted by atomic mass is 10.2. The third-order valence-electron chi connectivity index (χ3n) is 3.01. The quantitative estimate of drug-likeness (QED) is 0.712. The average molecular weight is 434 g/mol. The smallest absolute Gasteiger partial charge is 0.262 e. The van der Waals surface area contributed by atoms with Crippen molar-refractivity contribution in [2.75, 3.05) is 10.5 Å². The lowest BCUT2D eigenvalue weighted by Crippen LogP contribution is -2.14. The Balaban J connectivity index is 2.43. The summed E-state index contributed by atoms with van der Waals surface area (Å²) < 4.78 is 29.1. The van der Waals surface area contributed by atoms with Gasteiger partial charge in [-0.1, -0.05) is 22.0 Å². The van der Waals surface area contributed by atoms with E-state index in [4.69, 9.17) is 5.73 Å². The molecule has 0 saturated carbocycles. The van der Waals surface area contributed by atoms with Crippen LogP contribution in [0, 0.1) is 13.8 Å². The predicted octanol–water partition coefficient (Wildman–Crippen LogP) is 4.21. The van der Waals surface area contributed by atoms with E-state index in [9.17, 15) is 8.42 Å². The van der Waals surface area contributed by atoms with Crippen LogP contribution >= 0.6 is 31.9 Å². The molecule has 0 heterocycles. The zero-order chi connectivity index (χ0) is 15.8. The number of aryl methyl sites for hydroxylation is 2. The molecular weight excluding hydrogens is 420 g/mol. The van der Waals surface area contributed by atoms with E-state index in [-0.39, 0.29) is 4.90 Å². The van der Waals surface area contributed by atoms with E-state index in [0.717, 1.165) is 10.0 Å². The summed E-state index contributed by atoms with van der Waals surface area (Å²) in [5.41, 5.74) is 8.30. The Morgan fingerprint density at radius 3 is 2.29 bits per heavy atom. The molecule has 21 heavy (non-hydrogen) atoms. The molecule has 0 amide bonds. The van der Waals surface area contributed by atoms with Crippen LogP contribution in [0.2, 0.25) is 0 Å². The second kappa shape index (κ2) is 5.98. The van der Waals surface area contributed by atoms with Crippen molar-refractivity contribution in [3.63, 3.8) is 0 Å². The first-order valence-corrected chi connectivity index (χ1v) is 9.12. The number of hydrogen-bond acceptors (Lipinski definition) is 3. The van der Waals surface area contributed by atoms with Crippen molar-refractivity contribution in [1.82, 2.24) is 0 Å². The van der Waals surface area contributed by atoms with Gasteiger partial charge in [0.25, 0.3) is 10.0 Å². The molecule has 3 N–H and O–H groups in total. The molecule has 4 nitrogen and oxygen atoms in total. The van der Waals surface area contributed by atoms with Gasteiger partial charge in [0.05, 0.1) is 4.90 Å². The minimum atomic E-state index is -3.68. The van der Waals surface area contributed by atoms with Gasteiger partial charge < -0.3 is 5.73 Å². The zero-order valence-corrected chi connectivity index (χ0v) is 15.4. The first-order chi connectivity index (χ1) is 9.70. The predicted molar refractivity (Wildman–Crippen MR) is 93.0 cm³/mol. The SMILES string of the molecule is Cc1ccc(NS(=O)(=O)c2cc(N)c(Br)cc2C)cc1Br. The molecule has 0 aromatic heterocycles. The zero-order valence-electron chi connectivity index (χ0n) is 11.4. The van der Waals surface area contributed by atoms with Crippen molar-refractivity contribution in [3.8, 4) is 0 Å². The Bertz CT molecular complexity index is 805. The molecule has 2 aromatic carbocycles. The summed E-state index contributed by atoms with van der Waals surface area (Å²) in [5, 5.41) is 0. The Labute approximate surface area is 141 Å². The van der Waals surface area contributed by atoms with Gasteiger partial charge in [0.15, 0.2) is 0 Å². The molecule has 0 unspecified atom stereocenters. The van der Waals surface area contributed by atoms with Gasteiger partial charge in [0.2, 0.25) is 0 Å². The maximum absolute atomic E-state index is 12.5. The average Bonchev–Trinajstić information content (AvgIpc) is 2.37. The Morgan fingerprint density at radius 2 is 1.67 bits per heavy atom. The van der Waals surface area contributed by atoms with Gasteiger partial charge in [0.1, 0.15) is 0 Å². The fourth-order valence-corrected chi connectivity index (χ4v) is 3.97. The summed E-state index contributed by atoms with van der Waals surface area (Å²) in [5.74, 6) is 0. The fraction of sp³-hybridized carbons (Fsp3) is 0.143. The number of nitrogens with two attached hydrogens (primary N) is 1. The maximum Gasteiger partial charge on any atom is 0.262 e. The van der Waals surface area contributed by atoms with Crippen molar-refractivity contribution >= 4 is 53.3 Å². The van der Waals surface area contributed by atoms with Crippen LogP contribution in [0.1, 0.15) is 11.1 Å². The van der Waals surface area contributed by atoms with Gasteiger partial charge in [0, 0.05) is 20.3 Å². The Hall–Kier alpha value is -1.05. The number of nitrogen functional groups attached to an aromatic ring is 1. The number of benzene rings is 2. The summed E-state index contributed by atoms with van der Waals surface area (Å²) in [7, 11) is -3.68. The summed E-state index contributed by atoms with van der Waals surface area (Å²) in [4.78, 5) is 0.167. The number of halogens is 2. The molecule has 0 aliphatic carbocycles. The van der Waals surface area contributed by atoms with Gasteiger partial charge in [-0.05, 0) is 65.2 Å². The van der Waals surface area contributed by atoms with Crippen LogP contribution in [0.3, 0.4) is 0 Å². The molecule has 0 aliphatic heterocycles. The van der Waals surface area contributed by atoms with E-state index >= 15 is 0 Å². The van der Waals surface area contributed by atoms with Crippen LogP contribution in [-0.2, 0) is 10.0 Å². The van der Waals surface area contributed by atoms with E-state index in [0.29, 0.717) is 21.4 Å². The minimum absolute atomic E-state index is 0.167. The van der Waals surface area contributed by atoms with Crippen LogP contribution in [0.15, 0.2) is 44.2 Å². The minimum Gasteiger partial charge on any atom is -0.398 e. The summed E-state index contributed by atoms with van der Waals surface area (Å²) in [6.07, 6.45) is 0. The van der Waals surface area contributed by atoms with E-state index in [1.54, 1.807) is 25.1 Å². The topological polar surface area (TPSA) is 72.2 Å². The van der Waals surface area contributed by atoms with Crippen LogP contribution in [0.5, 0.6) is 0 Å². The molecule has 2 rings (SSSR count). The highest BCUT2D eigenvalue weighted by molar-refractivity contribution is 9.10. The number of anilines is 2. The normalized spacial score (nSPS) is 11.4. The van der Waals surface area contributed by atoms with E-state index < -0.39 is 10.0 Å². The first kappa shape index (κ1) is 16.3. The van der Waals surface area contributed by atoms with Crippen LogP contribution < -0.4 is 10.5 Å². The van der Waals surface area contributed by atoms with Gasteiger partial charge in [-0.25, -0.2) is 8.42 Å². The highest BCUT2D eigenvalue weighted by Crippen LogP contribution is 2.28. The molecule has 0 atom stereocenters. The maximum atomic E-state index is 12.5. The van der Waals surface area contributed by atoms with Crippen LogP contribution in [0.4, 0.5) is 11.4 Å². The summed E-state index contributed by atoms with van der Waals surface area (Å²) in [6, 6.07) is 8.42. The fourth-order valence-electron chi connectivity index (χ4n) is 1.82. The molecular formula is C14H14Br2N2O2S. The summed E-state index contributed by atoms with van der Waals surface area (Å²) >= 11 is 6.67. The number of rotatable bonds is 3. The molecule has 0 spiro atoms. The molecule has 7 heteroatoms. The van der Waals surface area contributed by atoms with E-state index in [1.165, 1.54) is 6.07 Å². The standard InChI is InChI=1S/C14H14Br2N2O2S/c1-8-3-4-10(6-11(8)15)18-21(19,20)14-7-13(17)12(16)5-9(14)2/h3-7,18H,17H2,1-2H3. The van der Waals surface area contributed by atoms with E-state index in [2.05, 4.69) is 36.6 Å². The highest BCUT2D eigenvalue weighted by Gasteiger charge is 2.18. The monoisotopic (exact) mass is 432 g/mol. The summed E-state index contributed by atoms with van der Waals surface area (Å²) in [6.45, 7) is 3.66. The number of hydrogen-bond donors (Lipinski definition) is 2. The van der Waals surface area contributed by atoms with Crippen molar-refractivity contribution in [2.24, 2.45) is 0 Å². The first-order valence-electron chi connectivity index (χ1n) is 6.05. The highest BCUT2D eigenvalue weighted by atomic mass is 79.9. The van der Waals surface area contributed by atoms with Crippen LogP contribution in [-0.4, -0.2) is 8.42 Å². The lowest BCUT2D eigenvalue weighted by molar-refractivity contribution is 0.600. The number of sulfonamides is 1.